The Labute approximate surface area is 164 Å². The van der Waals surface area contributed by atoms with Crippen LogP contribution in [0, 0.1) is 0 Å². The van der Waals surface area contributed by atoms with E-state index in [0.29, 0.717) is 23.6 Å². The fraction of sp³-hybridized carbons (Fsp3) is 0.100. The van der Waals surface area contributed by atoms with Crippen molar-refractivity contribution in [3.8, 4) is 11.5 Å². The number of hydrogen-bond donors (Lipinski definition) is 1. The van der Waals surface area contributed by atoms with Crippen LogP contribution >= 0.6 is 11.3 Å². The van der Waals surface area contributed by atoms with Crippen LogP contribution in [0.15, 0.2) is 68.9 Å². The largest absolute Gasteiger partial charge is 0.462 e. The van der Waals surface area contributed by atoms with Gasteiger partial charge in [-0.2, -0.15) is 5.10 Å². The second-order valence-corrected chi connectivity index (χ2v) is 6.78. The van der Waals surface area contributed by atoms with Crippen molar-refractivity contribution in [2.24, 2.45) is 15.8 Å². The Morgan fingerprint density at radius 2 is 2.21 bits per heavy atom. The van der Waals surface area contributed by atoms with E-state index in [-0.39, 0.29) is 0 Å². The second kappa shape index (κ2) is 7.61. The van der Waals surface area contributed by atoms with E-state index in [4.69, 9.17) is 10.2 Å². The molecular weight excluding hydrogens is 374 g/mol. The van der Waals surface area contributed by atoms with Crippen molar-refractivity contribution in [2.75, 3.05) is 6.54 Å². The van der Waals surface area contributed by atoms with E-state index in [2.05, 4.69) is 15.1 Å². The van der Waals surface area contributed by atoms with Gasteiger partial charge in [0.05, 0.1) is 11.8 Å². The van der Waals surface area contributed by atoms with Gasteiger partial charge in [-0.05, 0) is 18.4 Å². The standard InChI is InChI=1S/C20H17N5O2S/c1-2-23-20-25(17(12-28-20)18-7-14(11-27-18)19(21)26)24-10-15-9-22-8-13-5-3-4-6-16(13)15/h3-12H,2H2,1H3,(H2,21,26)/b23-20?,24-10+. The van der Waals surface area contributed by atoms with Gasteiger partial charge in [-0.1, -0.05) is 24.3 Å². The van der Waals surface area contributed by atoms with Crippen LogP contribution in [-0.2, 0) is 0 Å². The van der Waals surface area contributed by atoms with E-state index >= 15 is 0 Å². The first kappa shape index (κ1) is 17.9. The van der Waals surface area contributed by atoms with Crippen LogP contribution in [-0.4, -0.2) is 28.3 Å². The van der Waals surface area contributed by atoms with Gasteiger partial charge in [0.25, 0.3) is 5.91 Å². The van der Waals surface area contributed by atoms with Gasteiger partial charge in [-0.3, -0.25) is 14.8 Å². The summed E-state index contributed by atoms with van der Waals surface area (Å²) in [5, 5.41) is 8.61. The van der Waals surface area contributed by atoms with Gasteiger partial charge in [0.15, 0.2) is 5.76 Å². The summed E-state index contributed by atoms with van der Waals surface area (Å²) >= 11 is 1.44. The third-order valence-corrected chi connectivity index (χ3v) is 4.98. The van der Waals surface area contributed by atoms with Crippen molar-refractivity contribution >= 4 is 34.2 Å². The van der Waals surface area contributed by atoms with Crippen molar-refractivity contribution in [3.63, 3.8) is 0 Å². The highest BCUT2D eigenvalue weighted by molar-refractivity contribution is 7.07. The Kier molecular flexibility index (Phi) is 4.86. The first-order valence-electron chi connectivity index (χ1n) is 8.64. The summed E-state index contributed by atoms with van der Waals surface area (Å²) in [6.45, 7) is 2.58. The quantitative estimate of drug-likeness (QED) is 0.529. The van der Waals surface area contributed by atoms with E-state index < -0.39 is 5.91 Å². The normalized spacial score (nSPS) is 12.2. The molecule has 1 aromatic carbocycles. The lowest BCUT2D eigenvalue weighted by Crippen LogP contribution is -2.12. The Hall–Kier alpha value is -3.52. The molecule has 28 heavy (non-hydrogen) atoms. The molecule has 3 heterocycles. The van der Waals surface area contributed by atoms with Crippen molar-refractivity contribution in [1.29, 1.82) is 0 Å². The zero-order chi connectivity index (χ0) is 19.5. The molecule has 0 atom stereocenters. The van der Waals surface area contributed by atoms with Crippen LogP contribution in [0.1, 0.15) is 22.8 Å². The van der Waals surface area contributed by atoms with Gasteiger partial charge in [-0.25, -0.2) is 4.68 Å². The number of carbonyl (C=O) groups is 1. The third-order valence-electron chi connectivity index (χ3n) is 4.13. The van der Waals surface area contributed by atoms with Crippen LogP contribution < -0.4 is 10.5 Å². The maximum absolute atomic E-state index is 11.4. The molecule has 0 fully saturated rings. The number of hydrogen-bond acceptors (Lipinski definition) is 6. The molecule has 0 radical (unpaired) electrons. The van der Waals surface area contributed by atoms with Crippen LogP contribution in [0.25, 0.3) is 22.2 Å². The molecular formula is C20H17N5O2S. The van der Waals surface area contributed by atoms with Crippen molar-refractivity contribution in [3.05, 3.63) is 70.3 Å². The average Bonchev–Trinajstić information content (AvgIpc) is 3.34. The first-order chi connectivity index (χ1) is 13.7. The fourth-order valence-electron chi connectivity index (χ4n) is 2.79. The highest BCUT2D eigenvalue weighted by Crippen LogP contribution is 2.23. The Morgan fingerprint density at radius 1 is 1.36 bits per heavy atom. The number of primary amides is 1. The molecule has 4 aromatic rings. The summed E-state index contributed by atoms with van der Waals surface area (Å²) in [6.07, 6.45) is 6.68. The Balaban J connectivity index is 1.82. The monoisotopic (exact) mass is 391 g/mol. The van der Waals surface area contributed by atoms with E-state index in [1.807, 2.05) is 42.8 Å². The lowest BCUT2D eigenvalue weighted by Gasteiger charge is -2.02. The van der Waals surface area contributed by atoms with E-state index in [1.165, 1.54) is 17.6 Å². The molecule has 7 nitrogen and oxygen atoms in total. The number of nitrogens with two attached hydrogens (primary N) is 1. The van der Waals surface area contributed by atoms with Crippen LogP contribution in [0.2, 0.25) is 0 Å². The molecule has 0 bridgehead atoms. The molecule has 0 aliphatic heterocycles. The number of amides is 1. The predicted molar refractivity (Wildman–Crippen MR) is 109 cm³/mol. The maximum Gasteiger partial charge on any atom is 0.251 e. The highest BCUT2D eigenvalue weighted by atomic mass is 32.1. The Bertz CT molecular complexity index is 1240. The lowest BCUT2D eigenvalue weighted by molar-refractivity contribution is 0.0999. The number of pyridine rings is 1. The minimum Gasteiger partial charge on any atom is -0.462 e. The summed E-state index contributed by atoms with van der Waals surface area (Å²) in [5.74, 6) is -0.0450. The molecule has 0 unspecified atom stereocenters. The topological polar surface area (TPSA) is 98.8 Å². The number of thiazole rings is 1. The zero-order valence-electron chi connectivity index (χ0n) is 15.1. The van der Waals surface area contributed by atoms with Gasteiger partial charge >= 0.3 is 0 Å². The molecule has 2 N–H and O–H groups in total. The number of benzene rings is 1. The van der Waals surface area contributed by atoms with Crippen LogP contribution in [0.5, 0.6) is 0 Å². The molecule has 0 aliphatic carbocycles. The summed E-state index contributed by atoms with van der Waals surface area (Å²) in [4.78, 5) is 20.9. The van der Waals surface area contributed by atoms with E-state index in [0.717, 1.165) is 21.1 Å². The van der Waals surface area contributed by atoms with Crippen LogP contribution in [0.3, 0.4) is 0 Å². The number of furan rings is 1. The Morgan fingerprint density at radius 3 is 3.00 bits per heavy atom. The number of nitrogens with zero attached hydrogens (tertiary/aromatic N) is 4. The molecule has 4 rings (SSSR count). The predicted octanol–water partition coefficient (Wildman–Crippen LogP) is 3.26. The van der Waals surface area contributed by atoms with Crippen molar-refractivity contribution in [2.45, 2.75) is 6.92 Å². The highest BCUT2D eigenvalue weighted by Gasteiger charge is 2.14. The number of rotatable bonds is 5. The number of aromatic nitrogens is 2. The van der Waals surface area contributed by atoms with Gasteiger partial charge in [0.2, 0.25) is 4.80 Å². The molecule has 0 saturated heterocycles. The first-order valence-corrected chi connectivity index (χ1v) is 9.52. The van der Waals surface area contributed by atoms with Crippen molar-refractivity contribution < 1.29 is 9.21 Å². The third kappa shape index (κ3) is 3.37. The van der Waals surface area contributed by atoms with E-state index in [9.17, 15) is 4.79 Å². The molecule has 140 valence electrons. The van der Waals surface area contributed by atoms with Gasteiger partial charge in [0, 0.05) is 35.3 Å². The summed E-state index contributed by atoms with van der Waals surface area (Å²) < 4.78 is 7.22. The number of fused-ring (bicyclic) bond motifs is 1. The molecule has 3 aromatic heterocycles. The lowest BCUT2D eigenvalue weighted by atomic mass is 10.1. The average molecular weight is 391 g/mol. The molecule has 8 heteroatoms. The summed E-state index contributed by atoms with van der Waals surface area (Å²) in [6, 6.07) is 9.60. The minimum atomic E-state index is -0.541. The fourth-order valence-corrected chi connectivity index (χ4v) is 3.67. The maximum atomic E-state index is 11.4. The van der Waals surface area contributed by atoms with Crippen LogP contribution in [0.4, 0.5) is 0 Å². The zero-order valence-corrected chi connectivity index (χ0v) is 15.9. The SMILES string of the molecule is CCN=c1scc(-c2cc(C(N)=O)co2)n1/N=C/c1cncc2ccccc12. The minimum absolute atomic E-state index is 0.309. The van der Waals surface area contributed by atoms with Gasteiger partial charge < -0.3 is 10.2 Å². The number of carbonyl (C=O) groups excluding carboxylic acids is 1. The molecule has 0 spiro atoms. The second-order valence-electron chi connectivity index (χ2n) is 5.95. The summed E-state index contributed by atoms with van der Waals surface area (Å²) in [7, 11) is 0. The molecule has 1 amide bonds. The van der Waals surface area contributed by atoms with Gasteiger partial charge in [0.1, 0.15) is 12.0 Å². The van der Waals surface area contributed by atoms with Crippen molar-refractivity contribution in [1.82, 2.24) is 9.66 Å². The molecule has 0 saturated carbocycles. The van der Waals surface area contributed by atoms with Gasteiger partial charge in [-0.15, -0.1) is 11.3 Å². The van der Waals surface area contributed by atoms with E-state index in [1.54, 1.807) is 23.2 Å². The molecule has 0 aliphatic rings. The smallest absolute Gasteiger partial charge is 0.251 e. The summed E-state index contributed by atoms with van der Waals surface area (Å²) in [5.41, 5.74) is 7.21.